The molecule has 1 aliphatic rings. The minimum Gasteiger partial charge on any atom is -0.329 e. The molecule has 2 nitrogen and oxygen atoms in total. The van der Waals surface area contributed by atoms with Gasteiger partial charge in [-0.05, 0) is 42.7 Å². The van der Waals surface area contributed by atoms with E-state index >= 15 is 0 Å². The van der Waals surface area contributed by atoms with Gasteiger partial charge in [-0.1, -0.05) is 26.0 Å². The van der Waals surface area contributed by atoms with Crippen molar-refractivity contribution in [3.8, 4) is 0 Å². The lowest BCUT2D eigenvalue weighted by Crippen LogP contribution is -2.38. The first kappa shape index (κ1) is 14.9. The maximum atomic E-state index is 6.07. The Morgan fingerprint density at radius 2 is 1.89 bits per heavy atom. The van der Waals surface area contributed by atoms with E-state index in [1.807, 2.05) is 0 Å². The van der Waals surface area contributed by atoms with Crippen molar-refractivity contribution in [2.75, 3.05) is 19.3 Å². The molecule has 2 N–H and O–H groups in total. The van der Waals surface area contributed by atoms with Crippen molar-refractivity contribution in [3.05, 3.63) is 29.8 Å². The van der Waals surface area contributed by atoms with Gasteiger partial charge in [0.1, 0.15) is 0 Å². The molecule has 1 unspecified atom stereocenters. The molecule has 1 fully saturated rings. The van der Waals surface area contributed by atoms with E-state index in [0.717, 1.165) is 12.6 Å². The van der Waals surface area contributed by atoms with Gasteiger partial charge in [-0.15, -0.1) is 11.8 Å². The predicted molar refractivity (Wildman–Crippen MR) is 84.6 cm³/mol. The van der Waals surface area contributed by atoms with Crippen molar-refractivity contribution in [3.63, 3.8) is 0 Å². The fourth-order valence-corrected chi connectivity index (χ4v) is 3.06. The largest absolute Gasteiger partial charge is 0.329 e. The van der Waals surface area contributed by atoms with E-state index in [4.69, 9.17) is 5.73 Å². The average molecular weight is 278 g/mol. The molecule has 0 aromatic heterocycles. The van der Waals surface area contributed by atoms with Crippen molar-refractivity contribution < 1.29 is 0 Å². The van der Waals surface area contributed by atoms with Crippen molar-refractivity contribution in [2.24, 2.45) is 11.7 Å². The molecular formula is C16H26N2S. The van der Waals surface area contributed by atoms with Crippen LogP contribution in [0, 0.1) is 5.92 Å². The molecule has 1 saturated carbocycles. The van der Waals surface area contributed by atoms with Crippen LogP contribution in [0.25, 0.3) is 0 Å². The Bertz CT molecular complexity index is 384. The number of nitrogens with two attached hydrogens (primary N) is 1. The van der Waals surface area contributed by atoms with Gasteiger partial charge in [-0.2, -0.15) is 0 Å². The summed E-state index contributed by atoms with van der Waals surface area (Å²) in [6.07, 6.45) is 4.79. The molecule has 106 valence electrons. The van der Waals surface area contributed by atoms with E-state index < -0.39 is 0 Å². The molecule has 0 saturated heterocycles. The van der Waals surface area contributed by atoms with Crippen LogP contribution in [0.3, 0.4) is 0 Å². The normalized spacial score (nSPS) is 17.2. The van der Waals surface area contributed by atoms with E-state index in [-0.39, 0.29) is 0 Å². The summed E-state index contributed by atoms with van der Waals surface area (Å²) in [7, 11) is 0. The maximum absolute atomic E-state index is 6.07. The molecule has 0 amide bonds. The second-order valence-corrected chi connectivity index (χ2v) is 6.73. The highest BCUT2D eigenvalue weighted by atomic mass is 32.2. The van der Waals surface area contributed by atoms with Crippen LogP contribution in [0.15, 0.2) is 29.2 Å². The van der Waals surface area contributed by atoms with Crippen LogP contribution >= 0.6 is 11.8 Å². The number of hydrogen-bond donors (Lipinski definition) is 1. The van der Waals surface area contributed by atoms with Gasteiger partial charge in [-0.25, -0.2) is 0 Å². The van der Waals surface area contributed by atoms with Crippen molar-refractivity contribution >= 4 is 11.8 Å². The summed E-state index contributed by atoms with van der Waals surface area (Å²) in [5.74, 6) is 0.695. The van der Waals surface area contributed by atoms with Crippen LogP contribution in [0.2, 0.25) is 0 Å². The van der Waals surface area contributed by atoms with Crippen LogP contribution in [0.4, 0.5) is 0 Å². The number of hydrogen-bond acceptors (Lipinski definition) is 3. The molecule has 3 heteroatoms. The lowest BCUT2D eigenvalue weighted by molar-refractivity contribution is 0.169. The predicted octanol–water partition coefficient (Wildman–Crippen LogP) is 3.53. The molecule has 0 aliphatic heterocycles. The topological polar surface area (TPSA) is 29.3 Å². The summed E-state index contributed by atoms with van der Waals surface area (Å²) in [5, 5.41) is 0. The molecule has 2 rings (SSSR count). The molecule has 19 heavy (non-hydrogen) atoms. The van der Waals surface area contributed by atoms with Gasteiger partial charge in [-0.3, -0.25) is 4.90 Å². The minimum atomic E-state index is 0.380. The minimum absolute atomic E-state index is 0.380. The first-order valence-corrected chi connectivity index (χ1v) is 8.48. The summed E-state index contributed by atoms with van der Waals surface area (Å²) < 4.78 is 0. The summed E-state index contributed by atoms with van der Waals surface area (Å²) >= 11 is 1.79. The number of nitrogens with zero attached hydrogens (tertiary/aromatic N) is 1. The molecule has 1 aromatic rings. The Kier molecular flexibility index (Phi) is 5.31. The number of benzene rings is 1. The van der Waals surface area contributed by atoms with Crippen LogP contribution in [-0.2, 0) is 0 Å². The van der Waals surface area contributed by atoms with Crippen molar-refractivity contribution in [1.82, 2.24) is 4.90 Å². The Hall–Kier alpha value is -0.510. The average Bonchev–Trinajstić information content (AvgIpc) is 3.23. The first-order valence-electron chi connectivity index (χ1n) is 7.25. The summed E-state index contributed by atoms with van der Waals surface area (Å²) in [6.45, 7) is 6.44. The van der Waals surface area contributed by atoms with Gasteiger partial charge in [0, 0.05) is 30.1 Å². The van der Waals surface area contributed by atoms with Gasteiger partial charge >= 0.3 is 0 Å². The van der Waals surface area contributed by atoms with Crippen LogP contribution in [0.5, 0.6) is 0 Å². The third-order valence-electron chi connectivity index (χ3n) is 3.72. The van der Waals surface area contributed by atoms with E-state index in [0.29, 0.717) is 18.5 Å². The molecule has 0 spiro atoms. The lowest BCUT2D eigenvalue weighted by Gasteiger charge is -2.33. The zero-order valence-electron chi connectivity index (χ0n) is 12.3. The zero-order valence-corrected chi connectivity index (χ0v) is 13.1. The van der Waals surface area contributed by atoms with E-state index in [9.17, 15) is 0 Å². The summed E-state index contributed by atoms with van der Waals surface area (Å²) in [4.78, 5) is 3.94. The first-order chi connectivity index (χ1) is 9.15. The third-order valence-corrected chi connectivity index (χ3v) is 4.46. The fraction of sp³-hybridized carbons (Fsp3) is 0.625. The SMILES string of the molecule is CSc1ccc(C(CN)N(CC(C)C)C2CC2)cc1. The maximum Gasteiger partial charge on any atom is 0.0473 e. The van der Waals surface area contributed by atoms with E-state index in [1.165, 1.54) is 23.3 Å². The molecule has 1 aliphatic carbocycles. The van der Waals surface area contributed by atoms with Crippen LogP contribution in [-0.4, -0.2) is 30.3 Å². The monoisotopic (exact) mass is 278 g/mol. The molecule has 0 radical (unpaired) electrons. The second-order valence-electron chi connectivity index (χ2n) is 5.85. The lowest BCUT2D eigenvalue weighted by atomic mass is 10.0. The zero-order chi connectivity index (χ0) is 13.8. The second kappa shape index (κ2) is 6.78. The highest BCUT2D eigenvalue weighted by Crippen LogP contribution is 2.35. The van der Waals surface area contributed by atoms with E-state index in [2.05, 4.69) is 49.3 Å². The smallest absolute Gasteiger partial charge is 0.0473 e. The van der Waals surface area contributed by atoms with E-state index in [1.54, 1.807) is 11.8 Å². The Balaban J connectivity index is 2.15. The van der Waals surface area contributed by atoms with Gasteiger partial charge in [0.15, 0.2) is 0 Å². The molecule has 0 bridgehead atoms. The van der Waals surface area contributed by atoms with Gasteiger partial charge < -0.3 is 5.73 Å². The highest BCUT2D eigenvalue weighted by molar-refractivity contribution is 7.98. The van der Waals surface area contributed by atoms with Crippen LogP contribution < -0.4 is 5.73 Å². The molecule has 0 heterocycles. The van der Waals surface area contributed by atoms with Crippen molar-refractivity contribution in [2.45, 2.75) is 43.7 Å². The van der Waals surface area contributed by atoms with Crippen molar-refractivity contribution in [1.29, 1.82) is 0 Å². The van der Waals surface area contributed by atoms with Gasteiger partial charge in [0.2, 0.25) is 0 Å². The highest BCUT2D eigenvalue weighted by Gasteiger charge is 2.34. The Labute approximate surface area is 121 Å². The standard InChI is InChI=1S/C16H26N2S/c1-12(2)11-18(14-6-7-14)16(10-17)13-4-8-15(19-3)9-5-13/h4-5,8-9,12,14,16H,6-7,10-11,17H2,1-3H3. The number of thioether (sulfide) groups is 1. The molecular weight excluding hydrogens is 252 g/mol. The fourth-order valence-electron chi connectivity index (χ4n) is 2.65. The number of rotatable bonds is 7. The third kappa shape index (κ3) is 3.98. The quantitative estimate of drug-likeness (QED) is 0.774. The summed E-state index contributed by atoms with van der Waals surface area (Å²) in [6, 6.07) is 10.1. The molecule has 1 aromatic carbocycles. The van der Waals surface area contributed by atoms with Gasteiger partial charge in [0.05, 0.1) is 0 Å². The van der Waals surface area contributed by atoms with Crippen LogP contribution in [0.1, 0.15) is 38.3 Å². The Morgan fingerprint density at radius 3 is 2.32 bits per heavy atom. The van der Waals surface area contributed by atoms with Gasteiger partial charge in [0.25, 0.3) is 0 Å². The Morgan fingerprint density at radius 1 is 1.26 bits per heavy atom. The molecule has 1 atom stereocenters. The summed E-state index contributed by atoms with van der Waals surface area (Å²) in [5.41, 5.74) is 7.44.